The van der Waals surface area contributed by atoms with Crippen LogP contribution in [0, 0.1) is 0 Å². The quantitative estimate of drug-likeness (QED) is 0.313. The van der Waals surface area contributed by atoms with E-state index >= 15 is 0 Å². The van der Waals surface area contributed by atoms with Gasteiger partial charge < -0.3 is 11.2 Å². The van der Waals surface area contributed by atoms with Gasteiger partial charge in [-0.05, 0) is 6.42 Å². The Kier molecular flexibility index (Phi) is 24.0. The first-order valence-electron chi connectivity index (χ1n) is 6.76. The largest absolute Gasteiger partial charge is 1.00 e. The van der Waals surface area contributed by atoms with Crippen LogP contribution in [-0.2, 0) is 28.6 Å². The summed E-state index contributed by atoms with van der Waals surface area (Å²) in [7, 11) is -4.24. The normalized spacial score (nSPS) is 10.7. The van der Waals surface area contributed by atoms with Crippen molar-refractivity contribution in [2.45, 2.75) is 71.1 Å². The topological polar surface area (TPSA) is 66.8 Å². The van der Waals surface area contributed by atoms with Crippen molar-refractivity contribution in [2.24, 2.45) is 0 Å². The zero-order valence-corrected chi connectivity index (χ0v) is 18.5. The maximum absolute atomic E-state index is 10.4. The smallest absolute Gasteiger partial charge is 1.00 e. The minimum absolute atomic E-state index is 0. The van der Waals surface area contributed by atoms with Gasteiger partial charge >= 0.3 is 37.4 Å². The maximum atomic E-state index is 10.4. The first-order valence-corrected chi connectivity index (χ1v) is 8.29. The van der Waals surface area contributed by atoms with Gasteiger partial charge in [0.05, 0.1) is 6.61 Å². The van der Waals surface area contributed by atoms with E-state index in [1.54, 1.807) is 0 Å². The molecule has 0 atom stereocenters. The van der Waals surface area contributed by atoms with Gasteiger partial charge in [0.15, 0.2) is 0 Å². The second kappa shape index (κ2) is 17.8. The Morgan fingerprint density at radius 3 is 1.63 bits per heavy atom. The van der Waals surface area contributed by atoms with Crippen molar-refractivity contribution in [3.8, 4) is 0 Å². The maximum Gasteiger partial charge on any atom is 1.00 e. The van der Waals surface area contributed by atoms with Crippen molar-refractivity contribution in [2.75, 3.05) is 6.61 Å². The monoisotopic (exact) mass is 354 g/mol. The Labute approximate surface area is 154 Å². The molecular weight excluding hydrogens is 327 g/mol. The fraction of sp³-hybridized carbons (Fsp3) is 1.00. The van der Waals surface area contributed by atoms with Crippen molar-refractivity contribution in [1.29, 1.82) is 0 Å². The van der Waals surface area contributed by atoms with Gasteiger partial charge in [0.2, 0.25) is 0 Å². The van der Waals surface area contributed by atoms with Gasteiger partial charge in [-0.25, -0.2) is 4.57 Å². The molecule has 0 aromatic rings. The molecule has 0 fully saturated rings. The molecule has 0 aromatic heterocycles. The van der Waals surface area contributed by atoms with Gasteiger partial charge in [0, 0.05) is 19.5 Å². The molecule has 0 rings (SSSR count). The second-order valence-corrected chi connectivity index (χ2v) is 5.75. The number of hydrogen-bond donors (Lipinski definition) is 2. The average Bonchev–Trinajstić information content (AvgIpc) is 2.24. The summed E-state index contributed by atoms with van der Waals surface area (Å²) in [6, 6.07) is 0. The summed E-state index contributed by atoms with van der Waals surface area (Å²) in [4.78, 5) is 16.9. The Morgan fingerprint density at radius 1 is 0.895 bits per heavy atom. The van der Waals surface area contributed by atoms with Gasteiger partial charge in [-0.15, -0.1) is 0 Å². The van der Waals surface area contributed by atoms with E-state index in [9.17, 15) is 4.57 Å². The van der Waals surface area contributed by atoms with Crippen molar-refractivity contribution < 1.29 is 69.3 Å². The first kappa shape index (κ1) is 25.7. The van der Waals surface area contributed by atoms with Gasteiger partial charge in [-0.2, -0.15) is 0 Å². The molecule has 0 heterocycles. The van der Waals surface area contributed by atoms with Gasteiger partial charge in [-0.3, -0.25) is 4.52 Å². The van der Waals surface area contributed by atoms with Gasteiger partial charge in [0.1, 0.15) is 0 Å². The molecule has 7 heteroatoms. The van der Waals surface area contributed by atoms with E-state index in [1.165, 1.54) is 44.9 Å². The summed E-state index contributed by atoms with van der Waals surface area (Å²) >= 11 is 0. The predicted molar refractivity (Wildman–Crippen MR) is 71.0 cm³/mol. The Morgan fingerprint density at radius 2 is 1.26 bits per heavy atom. The van der Waals surface area contributed by atoms with Crippen molar-refractivity contribution in [3.63, 3.8) is 0 Å². The molecule has 0 saturated carbocycles. The number of rotatable bonds is 12. The van der Waals surface area contributed by atoms with Gasteiger partial charge in [-0.1, -0.05) is 64.7 Å². The van der Waals surface area contributed by atoms with E-state index in [4.69, 9.17) is 9.79 Å². The molecule has 0 saturated heterocycles. The van der Waals surface area contributed by atoms with Gasteiger partial charge in [0.25, 0.3) is 0 Å². The predicted octanol–water partition coefficient (Wildman–Crippen LogP) is 1.13. The molecule has 0 aliphatic rings. The van der Waals surface area contributed by atoms with Crippen LogP contribution < -0.4 is 29.6 Å². The molecule has 0 aliphatic heterocycles. The summed E-state index contributed by atoms with van der Waals surface area (Å²) in [6.45, 7) is 2.39. The molecule has 2 N–H and O–H groups in total. The third-order valence-corrected chi connectivity index (χ3v) is 3.28. The van der Waals surface area contributed by atoms with Crippen LogP contribution in [0.1, 0.15) is 72.6 Å². The van der Waals surface area contributed by atoms with Crippen molar-refractivity contribution >= 4 is 7.82 Å². The van der Waals surface area contributed by atoms with E-state index in [1.807, 2.05) is 0 Å². The number of phosphoric acid groups is 1. The van der Waals surface area contributed by atoms with Crippen molar-refractivity contribution in [3.05, 3.63) is 0 Å². The van der Waals surface area contributed by atoms with E-state index < -0.39 is 7.82 Å². The molecule has 0 aliphatic carbocycles. The molecule has 0 spiro atoms. The Balaban J connectivity index is -0.000000427. The van der Waals surface area contributed by atoms with Crippen LogP contribution in [-0.4, -0.2) is 16.4 Å². The van der Waals surface area contributed by atoms with Crippen LogP contribution in [0.25, 0.3) is 0 Å². The zero-order valence-electron chi connectivity index (χ0n) is 13.6. The van der Waals surface area contributed by atoms with Crippen LogP contribution in [0.2, 0.25) is 0 Å². The SMILES string of the molecule is CCCCCCCCCCCCOP(=O)(O)O.[H-].[Na+].[Zn]. The van der Waals surface area contributed by atoms with Crippen LogP contribution in [0.5, 0.6) is 0 Å². The zero-order chi connectivity index (χ0) is 13.0. The minimum atomic E-state index is -4.24. The standard InChI is InChI=1S/C12H27O4P.Na.Zn.H/c1-2-3-4-5-6-7-8-9-10-11-12-16-17(13,14)15;;;/h2-12H2,1H3,(H2,13,14,15);;;/q;+1;;-1. The first-order chi connectivity index (χ1) is 8.06. The molecule has 0 amide bonds. The summed E-state index contributed by atoms with van der Waals surface area (Å²) < 4.78 is 14.7. The van der Waals surface area contributed by atoms with E-state index in [2.05, 4.69) is 11.4 Å². The third-order valence-electron chi connectivity index (χ3n) is 2.76. The summed E-state index contributed by atoms with van der Waals surface area (Å²) in [6.07, 6.45) is 12.0. The summed E-state index contributed by atoms with van der Waals surface area (Å²) in [5, 5.41) is 0. The summed E-state index contributed by atoms with van der Waals surface area (Å²) in [5.41, 5.74) is 0. The Bertz CT molecular complexity index is 220. The fourth-order valence-electron chi connectivity index (χ4n) is 1.77. The fourth-order valence-corrected chi connectivity index (χ4v) is 2.14. The van der Waals surface area contributed by atoms with Crippen LogP contribution in [0.3, 0.4) is 0 Å². The number of unbranched alkanes of at least 4 members (excludes halogenated alkanes) is 9. The summed E-state index contributed by atoms with van der Waals surface area (Å²) in [5.74, 6) is 0. The second-order valence-electron chi connectivity index (χ2n) is 4.51. The third kappa shape index (κ3) is 25.1. The van der Waals surface area contributed by atoms with E-state index in [-0.39, 0.29) is 57.1 Å². The molecule has 19 heavy (non-hydrogen) atoms. The van der Waals surface area contributed by atoms with Crippen LogP contribution in [0.4, 0.5) is 0 Å². The molecule has 0 aromatic carbocycles. The van der Waals surface area contributed by atoms with E-state index in [0.717, 1.165) is 19.3 Å². The number of phosphoric ester groups is 1. The Hall–Kier alpha value is 1.73. The van der Waals surface area contributed by atoms with E-state index in [0.29, 0.717) is 0 Å². The average molecular weight is 356 g/mol. The molecule has 108 valence electrons. The minimum Gasteiger partial charge on any atom is -1.00 e. The molecule has 4 nitrogen and oxygen atoms in total. The molecule has 0 unspecified atom stereocenters. The van der Waals surface area contributed by atoms with Crippen LogP contribution >= 0.6 is 7.82 Å². The van der Waals surface area contributed by atoms with Crippen molar-refractivity contribution in [1.82, 2.24) is 0 Å². The van der Waals surface area contributed by atoms with Crippen LogP contribution in [0.15, 0.2) is 0 Å². The molecular formula is C12H28NaO4PZn. The number of hydrogen-bond acceptors (Lipinski definition) is 2. The molecule has 0 radical (unpaired) electrons. The molecule has 0 bridgehead atoms.